The van der Waals surface area contributed by atoms with Gasteiger partial charge in [-0.25, -0.2) is 4.98 Å². The Bertz CT molecular complexity index is 1410. The number of nitrogens with two attached hydrogens (primary N) is 1. The van der Waals surface area contributed by atoms with Gasteiger partial charge in [-0.05, 0) is 66.9 Å². The average molecular weight is 576 g/mol. The number of halogens is 1. The molecule has 8 heteroatoms. The van der Waals surface area contributed by atoms with Crippen molar-refractivity contribution in [3.05, 3.63) is 101 Å². The molecule has 38 heavy (non-hydrogen) atoms. The van der Waals surface area contributed by atoms with E-state index in [0.717, 1.165) is 15.8 Å². The van der Waals surface area contributed by atoms with Crippen molar-refractivity contribution in [1.29, 1.82) is 0 Å². The van der Waals surface area contributed by atoms with Crippen molar-refractivity contribution in [2.45, 2.75) is 32.9 Å². The number of anilines is 4. The smallest absolute Gasteiger partial charge is 0.320 e. The molecular formula is C30H33BrN5O2+. The monoisotopic (exact) mass is 574 g/mol. The van der Waals surface area contributed by atoms with Crippen molar-refractivity contribution in [3.8, 4) is 11.5 Å². The Balaban J connectivity index is 1.42. The maximum absolute atomic E-state index is 12.7. The van der Waals surface area contributed by atoms with Crippen LogP contribution in [0.2, 0.25) is 0 Å². The Morgan fingerprint density at radius 2 is 1.68 bits per heavy atom. The van der Waals surface area contributed by atoms with Crippen LogP contribution in [0.4, 0.5) is 22.7 Å². The molecule has 0 aliphatic carbocycles. The van der Waals surface area contributed by atoms with Crippen LogP contribution >= 0.6 is 15.9 Å². The number of amides is 1. The minimum absolute atomic E-state index is 0.00272. The van der Waals surface area contributed by atoms with Crippen LogP contribution in [0.3, 0.4) is 0 Å². The Kier molecular flexibility index (Phi) is 8.53. The second-order valence-corrected chi connectivity index (χ2v) is 10.3. The minimum atomic E-state index is -0.269. The van der Waals surface area contributed by atoms with Crippen LogP contribution in [0.1, 0.15) is 42.7 Å². The molecule has 3 aromatic carbocycles. The first kappa shape index (κ1) is 27.0. The largest absolute Gasteiger partial charge is 0.457 e. The van der Waals surface area contributed by atoms with Crippen molar-refractivity contribution in [3.63, 3.8) is 0 Å². The first-order chi connectivity index (χ1) is 18.2. The van der Waals surface area contributed by atoms with Crippen molar-refractivity contribution in [2.24, 2.45) is 0 Å². The van der Waals surface area contributed by atoms with Crippen LogP contribution in [-0.4, -0.2) is 19.1 Å². The summed E-state index contributed by atoms with van der Waals surface area (Å²) in [5.41, 5.74) is 11.3. The molecule has 0 fully saturated rings. The molecule has 0 saturated heterocycles. The Labute approximate surface area is 232 Å². The summed E-state index contributed by atoms with van der Waals surface area (Å²) in [4.78, 5) is 17.7. The number of nitrogens with zero attached hydrogens (tertiary/aromatic N) is 1. The van der Waals surface area contributed by atoms with Crippen LogP contribution in [0, 0.1) is 0 Å². The SMILES string of the molecule is CC(C)c1cccc(NC(C)N(C)c2ccc(Oc3cc[nH+]c(C(=O)Nc4ccc(Br)cc4)c3)cc2N)c1. The van der Waals surface area contributed by atoms with Crippen LogP contribution < -0.4 is 31.0 Å². The highest BCUT2D eigenvalue weighted by atomic mass is 79.9. The van der Waals surface area contributed by atoms with Gasteiger partial charge >= 0.3 is 5.91 Å². The van der Waals surface area contributed by atoms with Crippen LogP contribution in [0.5, 0.6) is 11.5 Å². The molecule has 7 nitrogen and oxygen atoms in total. The van der Waals surface area contributed by atoms with E-state index in [1.165, 1.54) is 5.56 Å². The Morgan fingerprint density at radius 3 is 2.39 bits per heavy atom. The number of H-pyrrole nitrogens is 1. The molecule has 1 amide bonds. The summed E-state index contributed by atoms with van der Waals surface area (Å²) in [6.07, 6.45) is 1.67. The van der Waals surface area contributed by atoms with Gasteiger partial charge in [0.05, 0.1) is 23.6 Å². The highest BCUT2D eigenvalue weighted by molar-refractivity contribution is 9.10. The van der Waals surface area contributed by atoms with Gasteiger partial charge in [0.25, 0.3) is 5.69 Å². The van der Waals surface area contributed by atoms with Gasteiger partial charge in [-0.1, -0.05) is 41.9 Å². The molecule has 1 unspecified atom stereocenters. The van der Waals surface area contributed by atoms with E-state index in [1.54, 1.807) is 24.4 Å². The lowest BCUT2D eigenvalue weighted by Crippen LogP contribution is -2.35. The molecule has 4 aromatic rings. The molecule has 1 aromatic heterocycles. The molecule has 5 N–H and O–H groups in total. The summed E-state index contributed by atoms with van der Waals surface area (Å²) in [6, 6.07) is 24.8. The van der Waals surface area contributed by atoms with E-state index in [-0.39, 0.29) is 12.1 Å². The van der Waals surface area contributed by atoms with Gasteiger partial charge in [0.1, 0.15) is 11.5 Å². The molecule has 0 radical (unpaired) electrons. The fraction of sp³-hybridized carbons (Fsp3) is 0.200. The van der Waals surface area contributed by atoms with E-state index in [2.05, 4.69) is 81.5 Å². The number of pyridine rings is 1. The second-order valence-electron chi connectivity index (χ2n) is 9.43. The summed E-state index contributed by atoms with van der Waals surface area (Å²) >= 11 is 3.39. The second kappa shape index (κ2) is 12.0. The molecule has 1 heterocycles. The molecule has 0 aliphatic heterocycles. The zero-order valence-corrected chi connectivity index (χ0v) is 23.5. The van der Waals surface area contributed by atoms with Gasteiger partial charge in [0, 0.05) is 35.0 Å². The summed E-state index contributed by atoms with van der Waals surface area (Å²) < 4.78 is 6.96. The zero-order chi connectivity index (χ0) is 27.2. The number of hydrogen-bond acceptors (Lipinski definition) is 5. The van der Waals surface area contributed by atoms with Crippen molar-refractivity contribution >= 4 is 44.6 Å². The number of ether oxygens (including phenoxy) is 1. The number of nitrogens with one attached hydrogen (secondary N) is 3. The third kappa shape index (κ3) is 6.83. The van der Waals surface area contributed by atoms with E-state index in [9.17, 15) is 4.79 Å². The van der Waals surface area contributed by atoms with E-state index in [4.69, 9.17) is 10.5 Å². The Hall–Kier alpha value is -4.04. The van der Waals surface area contributed by atoms with E-state index < -0.39 is 0 Å². The third-order valence-electron chi connectivity index (χ3n) is 6.24. The quantitative estimate of drug-likeness (QED) is 0.149. The maximum atomic E-state index is 12.7. The minimum Gasteiger partial charge on any atom is -0.457 e. The number of hydrogen-bond donors (Lipinski definition) is 3. The maximum Gasteiger partial charge on any atom is 0.320 e. The first-order valence-electron chi connectivity index (χ1n) is 12.4. The lowest BCUT2D eigenvalue weighted by molar-refractivity contribution is -0.381. The number of aromatic nitrogens is 1. The molecule has 0 aliphatic rings. The van der Waals surface area contributed by atoms with Crippen LogP contribution in [-0.2, 0) is 0 Å². The van der Waals surface area contributed by atoms with Crippen molar-refractivity contribution in [2.75, 3.05) is 28.3 Å². The molecule has 0 saturated carbocycles. The number of aromatic amines is 1. The molecular weight excluding hydrogens is 542 g/mol. The lowest BCUT2D eigenvalue weighted by Gasteiger charge is -2.30. The molecule has 0 bridgehead atoms. The van der Waals surface area contributed by atoms with Crippen molar-refractivity contribution < 1.29 is 14.5 Å². The lowest BCUT2D eigenvalue weighted by atomic mass is 10.0. The average Bonchev–Trinajstić information content (AvgIpc) is 2.90. The molecule has 0 spiro atoms. The van der Waals surface area contributed by atoms with E-state index in [1.807, 2.05) is 43.4 Å². The number of rotatable bonds is 9. The van der Waals surface area contributed by atoms with E-state index in [0.29, 0.717) is 34.5 Å². The topological polar surface area (TPSA) is 93.8 Å². The van der Waals surface area contributed by atoms with Crippen LogP contribution in [0.25, 0.3) is 0 Å². The summed E-state index contributed by atoms with van der Waals surface area (Å²) in [7, 11) is 2.00. The number of carbonyl (C=O) groups excluding carboxylic acids is 1. The zero-order valence-electron chi connectivity index (χ0n) is 22.0. The summed E-state index contributed by atoms with van der Waals surface area (Å²) in [5, 5.41) is 6.41. The fourth-order valence-electron chi connectivity index (χ4n) is 3.96. The fourth-order valence-corrected chi connectivity index (χ4v) is 4.22. The molecule has 4 rings (SSSR count). The summed E-state index contributed by atoms with van der Waals surface area (Å²) in [5.74, 6) is 1.29. The van der Waals surface area contributed by atoms with Crippen molar-refractivity contribution in [1.82, 2.24) is 0 Å². The summed E-state index contributed by atoms with van der Waals surface area (Å²) in [6.45, 7) is 6.46. The number of benzene rings is 3. The highest BCUT2D eigenvalue weighted by Gasteiger charge is 2.17. The van der Waals surface area contributed by atoms with Gasteiger partial charge in [-0.3, -0.25) is 4.79 Å². The molecule has 196 valence electrons. The third-order valence-corrected chi connectivity index (χ3v) is 6.77. The number of nitrogen functional groups attached to an aromatic ring is 1. The van der Waals surface area contributed by atoms with Crippen LogP contribution in [0.15, 0.2) is 89.5 Å². The van der Waals surface area contributed by atoms with E-state index >= 15 is 0 Å². The predicted molar refractivity (Wildman–Crippen MR) is 158 cm³/mol. The first-order valence-corrected chi connectivity index (χ1v) is 13.2. The van der Waals surface area contributed by atoms with Gasteiger partial charge in [-0.15, -0.1) is 0 Å². The molecule has 1 atom stereocenters. The van der Waals surface area contributed by atoms with Gasteiger partial charge in [-0.2, -0.15) is 0 Å². The normalized spacial score (nSPS) is 11.6. The Morgan fingerprint density at radius 1 is 0.947 bits per heavy atom. The standard InChI is InChI=1S/C30H32BrN5O2/c1-19(2)21-6-5-7-24(16-21)34-20(3)36(4)29-13-12-25(17-27(29)32)38-26-14-15-33-28(18-26)30(37)35-23-10-8-22(31)9-11-23/h5-20,34H,32H2,1-4H3,(H,35,37)/p+1. The highest BCUT2D eigenvalue weighted by Crippen LogP contribution is 2.31. The number of carbonyl (C=O) groups is 1. The van der Waals surface area contributed by atoms with Gasteiger partial charge in [0.2, 0.25) is 0 Å². The predicted octanol–water partition coefficient (Wildman–Crippen LogP) is 6.91. The van der Waals surface area contributed by atoms with Gasteiger partial charge < -0.3 is 26.0 Å². The van der Waals surface area contributed by atoms with Gasteiger partial charge in [0.15, 0.2) is 6.20 Å².